The molecular weight excluding hydrogens is 256 g/mol. The van der Waals surface area contributed by atoms with Crippen molar-refractivity contribution in [2.75, 3.05) is 0 Å². The van der Waals surface area contributed by atoms with Gasteiger partial charge in [-0.15, -0.1) is 0 Å². The molecule has 0 bridgehead atoms. The predicted octanol–water partition coefficient (Wildman–Crippen LogP) is 2.22. The summed E-state index contributed by atoms with van der Waals surface area (Å²) in [6.45, 7) is 3.36. The van der Waals surface area contributed by atoms with Gasteiger partial charge in [-0.3, -0.25) is 14.6 Å². The number of fused-ring (bicyclic) bond motifs is 1. The van der Waals surface area contributed by atoms with Gasteiger partial charge in [-0.25, -0.2) is 0 Å². The molecule has 1 aromatic heterocycles. The second kappa shape index (κ2) is 5.28. The topological polar surface area (TPSA) is 79.3 Å². The lowest BCUT2D eigenvalue weighted by molar-refractivity contribution is -0.138. The third-order valence-corrected chi connectivity index (χ3v) is 2.92. The summed E-state index contributed by atoms with van der Waals surface area (Å²) in [5, 5.41) is 12.4. The van der Waals surface area contributed by atoms with Crippen molar-refractivity contribution >= 4 is 22.8 Å². The maximum atomic E-state index is 12.3. The number of hydrogen-bond acceptors (Lipinski definition) is 3. The average molecular weight is 272 g/mol. The summed E-state index contributed by atoms with van der Waals surface area (Å²) >= 11 is 0. The van der Waals surface area contributed by atoms with E-state index in [2.05, 4.69) is 10.3 Å². The Kier molecular flexibility index (Phi) is 3.70. The zero-order chi connectivity index (χ0) is 14.8. The Morgan fingerprint density at radius 3 is 2.65 bits per heavy atom. The number of hydrogen-bond donors (Lipinski definition) is 2. The molecular formula is C15H16N2O3. The number of rotatable bonds is 4. The Labute approximate surface area is 116 Å². The zero-order valence-corrected chi connectivity index (χ0v) is 11.4. The highest BCUT2D eigenvalue weighted by Crippen LogP contribution is 2.17. The summed E-state index contributed by atoms with van der Waals surface area (Å²) < 4.78 is 0. The van der Waals surface area contributed by atoms with Gasteiger partial charge in [0.05, 0.1) is 17.5 Å². The molecule has 2 N–H and O–H groups in total. The molecule has 5 nitrogen and oxygen atoms in total. The zero-order valence-electron chi connectivity index (χ0n) is 11.4. The first-order valence-corrected chi connectivity index (χ1v) is 6.27. The number of aliphatic carboxylic acids is 1. The summed E-state index contributed by atoms with van der Waals surface area (Å²) in [5.74, 6) is -1.27. The van der Waals surface area contributed by atoms with Crippen molar-refractivity contribution in [2.24, 2.45) is 0 Å². The van der Waals surface area contributed by atoms with E-state index >= 15 is 0 Å². The third kappa shape index (κ3) is 3.12. The van der Waals surface area contributed by atoms with Gasteiger partial charge in [0.15, 0.2) is 0 Å². The Bertz CT molecular complexity index is 660. The van der Waals surface area contributed by atoms with E-state index in [4.69, 9.17) is 5.11 Å². The van der Waals surface area contributed by atoms with Gasteiger partial charge < -0.3 is 10.4 Å². The molecule has 0 atom stereocenters. The predicted molar refractivity (Wildman–Crippen MR) is 75.5 cm³/mol. The van der Waals surface area contributed by atoms with E-state index in [0.717, 1.165) is 5.39 Å². The molecule has 1 amide bonds. The Morgan fingerprint density at radius 2 is 1.95 bits per heavy atom. The van der Waals surface area contributed by atoms with Crippen molar-refractivity contribution in [3.63, 3.8) is 0 Å². The van der Waals surface area contributed by atoms with Crippen LogP contribution in [-0.2, 0) is 4.79 Å². The second-order valence-electron chi connectivity index (χ2n) is 5.29. The van der Waals surface area contributed by atoms with E-state index in [1.807, 2.05) is 12.1 Å². The number of para-hydroxylation sites is 1. The Morgan fingerprint density at radius 1 is 1.25 bits per heavy atom. The molecule has 20 heavy (non-hydrogen) atoms. The molecule has 0 saturated carbocycles. The first-order valence-electron chi connectivity index (χ1n) is 6.27. The number of aromatic nitrogens is 1. The van der Waals surface area contributed by atoms with Crippen molar-refractivity contribution in [2.45, 2.75) is 25.8 Å². The van der Waals surface area contributed by atoms with Crippen LogP contribution in [0.1, 0.15) is 30.6 Å². The van der Waals surface area contributed by atoms with Gasteiger partial charge in [0.2, 0.25) is 0 Å². The van der Waals surface area contributed by atoms with Crippen LogP contribution < -0.4 is 5.32 Å². The number of nitrogens with one attached hydrogen (secondary N) is 1. The summed E-state index contributed by atoms with van der Waals surface area (Å²) in [6.07, 6.45) is 1.48. The number of benzene rings is 1. The van der Waals surface area contributed by atoms with Gasteiger partial charge in [0.25, 0.3) is 5.91 Å². The number of carbonyl (C=O) groups is 2. The lowest BCUT2D eigenvalue weighted by atomic mass is 9.99. The number of nitrogens with zero attached hydrogens (tertiary/aromatic N) is 1. The van der Waals surface area contributed by atoms with Crippen LogP contribution in [0.3, 0.4) is 0 Å². The summed E-state index contributed by atoms with van der Waals surface area (Å²) in [4.78, 5) is 27.3. The fraction of sp³-hybridized carbons (Fsp3) is 0.267. The lowest BCUT2D eigenvalue weighted by Crippen LogP contribution is -2.45. The normalized spacial score (nSPS) is 11.3. The van der Waals surface area contributed by atoms with Crippen molar-refractivity contribution in [3.8, 4) is 0 Å². The standard InChI is InChI=1S/C15H16N2O3/c1-15(2,9-12(18)19)17-14(20)11-7-3-5-10-6-4-8-16-13(10)11/h3-8H,9H2,1-2H3,(H,17,20)(H,18,19). The number of carbonyl (C=O) groups excluding carboxylic acids is 1. The smallest absolute Gasteiger partial charge is 0.305 e. The fourth-order valence-electron chi connectivity index (χ4n) is 2.08. The molecule has 104 valence electrons. The van der Waals surface area contributed by atoms with Gasteiger partial charge >= 0.3 is 5.97 Å². The van der Waals surface area contributed by atoms with E-state index < -0.39 is 11.5 Å². The van der Waals surface area contributed by atoms with E-state index in [9.17, 15) is 9.59 Å². The van der Waals surface area contributed by atoms with Crippen LogP contribution in [0.5, 0.6) is 0 Å². The molecule has 0 aliphatic carbocycles. The van der Waals surface area contributed by atoms with Crippen LogP contribution in [0.25, 0.3) is 10.9 Å². The SMILES string of the molecule is CC(C)(CC(=O)O)NC(=O)c1cccc2cccnc12. The van der Waals surface area contributed by atoms with Gasteiger partial charge in [-0.05, 0) is 26.0 Å². The molecule has 0 spiro atoms. The lowest BCUT2D eigenvalue weighted by Gasteiger charge is -2.24. The molecule has 1 aromatic carbocycles. The van der Waals surface area contributed by atoms with E-state index in [1.54, 1.807) is 38.2 Å². The van der Waals surface area contributed by atoms with Crippen LogP contribution in [0, 0.1) is 0 Å². The number of carboxylic acids is 1. The molecule has 2 rings (SSSR count). The van der Waals surface area contributed by atoms with E-state index in [0.29, 0.717) is 11.1 Å². The molecule has 0 fully saturated rings. The average Bonchev–Trinajstić information content (AvgIpc) is 2.35. The molecule has 5 heteroatoms. The van der Waals surface area contributed by atoms with Crippen LogP contribution in [0.4, 0.5) is 0 Å². The van der Waals surface area contributed by atoms with Gasteiger partial charge in [0.1, 0.15) is 0 Å². The van der Waals surface area contributed by atoms with Crippen LogP contribution in [0.2, 0.25) is 0 Å². The van der Waals surface area contributed by atoms with Crippen molar-refractivity contribution in [1.29, 1.82) is 0 Å². The molecule has 2 aromatic rings. The van der Waals surface area contributed by atoms with Crippen LogP contribution >= 0.6 is 0 Å². The second-order valence-corrected chi connectivity index (χ2v) is 5.29. The third-order valence-electron chi connectivity index (χ3n) is 2.92. The fourth-order valence-corrected chi connectivity index (χ4v) is 2.08. The van der Waals surface area contributed by atoms with Crippen molar-refractivity contribution in [3.05, 3.63) is 42.1 Å². The minimum atomic E-state index is -0.952. The van der Waals surface area contributed by atoms with Crippen molar-refractivity contribution in [1.82, 2.24) is 10.3 Å². The molecule has 0 aliphatic rings. The van der Waals surface area contributed by atoms with Gasteiger partial charge in [-0.2, -0.15) is 0 Å². The first-order chi connectivity index (χ1) is 9.39. The number of carboxylic acid groups (broad SMARTS) is 1. The van der Waals surface area contributed by atoms with E-state index in [1.165, 1.54) is 0 Å². The quantitative estimate of drug-likeness (QED) is 0.894. The largest absolute Gasteiger partial charge is 0.481 e. The number of pyridine rings is 1. The summed E-state index contributed by atoms with van der Waals surface area (Å²) in [6, 6.07) is 9.02. The number of amides is 1. The summed E-state index contributed by atoms with van der Waals surface area (Å²) in [5.41, 5.74) is 0.236. The van der Waals surface area contributed by atoms with Crippen molar-refractivity contribution < 1.29 is 14.7 Å². The highest BCUT2D eigenvalue weighted by atomic mass is 16.4. The highest BCUT2D eigenvalue weighted by Gasteiger charge is 2.25. The van der Waals surface area contributed by atoms with E-state index in [-0.39, 0.29) is 12.3 Å². The maximum absolute atomic E-state index is 12.3. The molecule has 0 saturated heterocycles. The molecule has 0 unspecified atom stereocenters. The van der Waals surface area contributed by atoms with Gasteiger partial charge in [-0.1, -0.05) is 18.2 Å². The first kappa shape index (κ1) is 14.0. The van der Waals surface area contributed by atoms with Crippen LogP contribution in [0.15, 0.2) is 36.5 Å². The maximum Gasteiger partial charge on any atom is 0.305 e. The summed E-state index contributed by atoms with van der Waals surface area (Å²) in [7, 11) is 0. The Balaban J connectivity index is 2.30. The monoisotopic (exact) mass is 272 g/mol. The van der Waals surface area contributed by atoms with Crippen LogP contribution in [-0.4, -0.2) is 27.5 Å². The minimum Gasteiger partial charge on any atom is -0.481 e. The molecule has 0 radical (unpaired) electrons. The minimum absolute atomic E-state index is 0.142. The molecule has 0 aliphatic heterocycles. The van der Waals surface area contributed by atoms with Gasteiger partial charge in [0, 0.05) is 17.1 Å². The highest BCUT2D eigenvalue weighted by molar-refractivity contribution is 6.05. The molecule has 1 heterocycles. The Hall–Kier alpha value is -2.43.